The Hall–Kier alpha value is -3.48. The maximum absolute atomic E-state index is 13.6. The molecule has 5 N–H and O–H groups in total. The number of aliphatic hydroxyl groups excluding tert-OH is 1. The quantitative estimate of drug-likeness (QED) is 0.123. The molecule has 12 heteroatoms. The molecule has 0 unspecified atom stereocenters. The van der Waals surface area contributed by atoms with E-state index in [0.29, 0.717) is 5.56 Å². The lowest BCUT2D eigenvalue weighted by atomic mass is 9.98. The zero-order chi connectivity index (χ0) is 29.9. The number of sulfonamides is 1. The van der Waals surface area contributed by atoms with Crippen molar-refractivity contribution < 1.29 is 33.4 Å². The van der Waals surface area contributed by atoms with Crippen LogP contribution < -0.4 is 10.6 Å². The fourth-order valence-corrected chi connectivity index (χ4v) is 5.86. The van der Waals surface area contributed by atoms with Crippen molar-refractivity contribution in [2.75, 3.05) is 13.1 Å². The normalized spacial score (nSPS) is 14.4. The van der Waals surface area contributed by atoms with Crippen molar-refractivity contribution in [2.45, 2.75) is 63.6 Å². The maximum Gasteiger partial charge on any atom is 0.405 e. The molecule has 0 spiro atoms. The molecule has 0 aromatic heterocycles. The molecular weight excluding hydrogens is 536 g/mol. The number of carbonyl (C=O) groups excluding carboxylic acids is 1. The Morgan fingerprint density at radius 2 is 1.57 bits per heavy atom. The third-order valence-corrected chi connectivity index (χ3v) is 7.94. The SMILES string of the molecule is CC(C)C[C@H](NC(=O)O)C(=O)N[C@@H](Cc1ccccc1)[C@H](O)CN(CC(C)C)S(=O)(=O)c1ccc(C=NO)cc1. The molecule has 3 atom stereocenters. The average Bonchev–Trinajstić information content (AvgIpc) is 2.87. The van der Waals surface area contributed by atoms with Crippen LogP contribution in [0.1, 0.15) is 45.2 Å². The molecule has 0 saturated carbocycles. The monoisotopic (exact) mass is 576 g/mol. The van der Waals surface area contributed by atoms with Crippen molar-refractivity contribution in [3.63, 3.8) is 0 Å². The first kappa shape index (κ1) is 32.7. The number of nitrogens with zero attached hydrogens (tertiary/aromatic N) is 2. The minimum atomic E-state index is -4.04. The van der Waals surface area contributed by atoms with Crippen LogP contribution in [0.25, 0.3) is 0 Å². The summed E-state index contributed by atoms with van der Waals surface area (Å²) in [6, 6.07) is 12.9. The molecule has 0 aliphatic rings. The molecule has 0 saturated heterocycles. The van der Waals surface area contributed by atoms with Crippen LogP contribution in [0.2, 0.25) is 0 Å². The molecule has 0 radical (unpaired) electrons. The van der Waals surface area contributed by atoms with E-state index in [9.17, 15) is 28.2 Å². The van der Waals surface area contributed by atoms with E-state index < -0.39 is 40.2 Å². The van der Waals surface area contributed by atoms with Gasteiger partial charge >= 0.3 is 6.09 Å². The van der Waals surface area contributed by atoms with Crippen LogP contribution in [-0.4, -0.2) is 77.6 Å². The molecular formula is C28H40N4O7S. The highest BCUT2D eigenvalue weighted by molar-refractivity contribution is 7.89. The largest absolute Gasteiger partial charge is 0.465 e. The Balaban J connectivity index is 2.37. The summed E-state index contributed by atoms with van der Waals surface area (Å²) in [5.74, 6) is -0.655. The molecule has 0 bridgehead atoms. The van der Waals surface area contributed by atoms with Gasteiger partial charge in [-0.05, 0) is 47.9 Å². The van der Waals surface area contributed by atoms with Crippen LogP contribution in [0, 0.1) is 11.8 Å². The summed E-state index contributed by atoms with van der Waals surface area (Å²) >= 11 is 0. The average molecular weight is 577 g/mol. The van der Waals surface area contributed by atoms with Gasteiger partial charge in [0.05, 0.1) is 23.3 Å². The standard InChI is InChI=1S/C28H40N4O7S/c1-19(2)14-25(31-28(35)36)27(34)30-24(15-21-8-6-5-7-9-21)26(33)18-32(17-20(3)4)40(38,39)23-12-10-22(11-13-23)16-29-37/h5-13,16,19-20,24-26,31,33,37H,14-15,17-18H2,1-4H3,(H,30,34)(H,35,36)/t24-,25-,26+/m0/s1. The second-order valence-corrected chi connectivity index (χ2v) is 12.5. The van der Waals surface area contributed by atoms with E-state index in [1.54, 1.807) is 0 Å². The van der Waals surface area contributed by atoms with Gasteiger partial charge in [-0.15, -0.1) is 0 Å². The van der Waals surface area contributed by atoms with E-state index in [1.165, 1.54) is 34.8 Å². The van der Waals surface area contributed by atoms with Crippen LogP contribution in [-0.2, 0) is 21.2 Å². The number of hydrogen-bond acceptors (Lipinski definition) is 7. The highest BCUT2D eigenvalue weighted by atomic mass is 32.2. The lowest BCUT2D eigenvalue weighted by Gasteiger charge is -2.31. The highest BCUT2D eigenvalue weighted by Crippen LogP contribution is 2.20. The van der Waals surface area contributed by atoms with Crippen molar-refractivity contribution >= 4 is 28.2 Å². The van der Waals surface area contributed by atoms with Crippen LogP contribution >= 0.6 is 0 Å². The Kier molecular flexibility index (Phi) is 12.6. The number of benzene rings is 2. The molecule has 2 rings (SSSR count). The molecule has 0 fully saturated rings. The Bertz CT molecular complexity index is 1220. The number of carbonyl (C=O) groups is 2. The fourth-order valence-electron chi connectivity index (χ4n) is 4.24. The summed E-state index contributed by atoms with van der Waals surface area (Å²) in [7, 11) is -4.04. The summed E-state index contributed by atoms with van der Waals surface area (Å²) in [5.41, 5.74) is 1.31. The summed E-state index contributed by atoms with van der Waals surface area (Å²) in [5, 5.41) is 37.3. The summed E-state index contributed by atoms with van der Waals surface area (Å²) < 4.78 is 28.4. The van der Waals surface area contributed by atoms with E-state index in [0.717, 1.165) is 5.56 Å². The van der Waals surface area contributed by atoms with Gasteiger partial charge in [-0.2, -0.15) is 4.31 Å². The first-order chi connectivity index (χ1) is 18.8. The first-order valence-electron chi connectivity index (χ1n) is 13.1. The van der Waals surface area contributed by atoms with Crippen molar-refractivity contribution in [1.82, 2.24) is 14.9 Å². The van der Waals surface area contributed by atoms with Crippen LogP contribution in [0.4, 0.5) is 4.79 Å². The van der Waals surface area contributed by atoms with E-state index >= 15 is 0 Å². The zero-order valence-electron chi connectivity index (χ0n) is 23.3. The van der Waals surface area contributed by atoms with Crippen LogP contribution in [0.5, 0.6) is 0 Å². The van der Waals surface area contributed by atoms with Crippen LogP contribution in [0.3, 0.4) is 0 Å². The molecule has 2 aromatic rings. The van der Waals surface area contributed by atoms with Gasteiger partial charge in [0.1, 0.15) is 6.04 Å². The fraction of sp³-hybridized carbons (Fsp3) is 0.464. The van der Waals surface area contributed by atoms with Gasteiger partial charge in [0.25, 0.3) is 0 Å². The summed E-state index contributed by atoms with van der Waals surface area (Å²) in [6.07, 6.45) is -1.04. The third kappa shape index (κ3) is 10.2. The molecule has 2 aromatic carbocycles. The second-order valence-electron chi connectivity index (χ2n) is 10.5. The molecule has 220 valence electrons. The zero-order valence-corrected chi connectivity index (χ0v) is 24.1. The predicted octanol–water partition coefficient (Wildman–Crippen LogP) is 2.91. The van der Waals surface area contributed by atoms with E-state index in [-0.39, 0.29) is 42.7 Å². The maximum atomic E-state index is 13.6. The minimum absolute atomic E-state index is 0.00161. The van der Waals surface area contributed by atoms with Crippen molar-refractivity contribution in [2.24, 2.45) is 17.0 Å². The topological polar surface area (TPSA) is 169 Å². The Morgan fingerprint density at radius 1 is 0.950 bits per heavy atom. The lowest BCUT2D eigenvalue weighted by molar-refractivity contribution is -0.125. The molecule has 0 aliphatic heterocycles. The first-order valence-corrected chi connectivity index (χ1v) is 14.6. The van der Waals surface area contributed by atoms with E-state index in [2.05, 4.69) is 15.8 Å². The van der Waals surface area contributed by atoms with Gasteiger partial charge in [0.2, 0.25) is 15.9 Å². The molecule has 0 aliphatic carbocycles. The molecule has 11 nitrogen and oxygen atoms in total. The smallest absolute Gasteiger partial charge is 0.405 e. The van der Waals surface area contributed by atoms with Crippen molar-refractivity contribution in [1.29, 1.82) is 0 Å². The van der Waals surface area contributed by atoms with Gasteiger partial charge in [0.15, 0.2) is 0 Å². The number of oxime groups is 1. The number of amides is 2. The lowest BCUT2D eigenvalue weighted by Crippen LogP contribution is -2.55. The minimum Gasteiger partial charge on any atom is -0.465 e. The van der Waals surface area contributed by atoms with E-state index in [1.807, 2.05) is 58.0 Å². The summed E-state index contributed by atoms with van der Waals surface area (Å²) in [4.78, 5) is 24.5. The van der Waals surface area contributed by atoms with Gasteiger partial charge in [0, 0.05) is 13.1 Å². The Labute approximate surface area is 236 Å². The number of hydrogen-bond donors (Lipinski definition) is 5. The molecule has 40 heavy (non-hydrogen) atoms. The van der Waals surface area contributed by atoms with Crippen LogP contribution in [0.15, 0.2) is 64.6 Å². The van der Waals surface area contributed by atoms with Gasteiger partial charge in [-0.1, -0.05) is 75.3 Å². The number of aliphatic hydroxyl groups is 1. The number of nitrogens with one attached hydrogen (secondary N) is 2. The second kappa shape index (κ2) is 15.3. The van der Waals surface area contributed by atoms with Gasteiger partial charge in [-0.25, -0.2) is 13.2 Å². The van der Waals surface area contributed by atoms with Gasteiger partial charge in [-0.3, -0.25) is 4.79 Å². The predicted molar refractivity (Wildman–Crippen MR) is 152 cm³/mol. The van der Waals surface area contributed by atoms with Crippen molar-refractivity contribution in [3.8, 4) is 0 Å². The van der Waals surface area contributed by atoms with Gasteiger partial charge < -0.3 is 26.1 Å². The summed E-state index contributed by atoms with van der Waals surface area (Å²) in [6.45, 7) is 7.23. The number of rotatable bonds is 15. The molecule has 0 heterocycles. The third-order valence-electron chi connectivity index (χ3n) is 6.10. The number of carboxylic acid groups (broad SMARTS) is 1. The highest BCUT2D eigenvalue weighted by Gasteiger charge is 2.33. The molecule has 2 amide bonds. The Morgan fingerprint density at radius 3 is 2.10 bits per heavy atom. The van der Waals surface area contributed by atoms with E-state index in [4.69, 9.17) is 5.21 Å². The van der Waals surface area contributed by atoms with Crippen molar-refractivity contribution in [3.05, 3.63) is 65.7 Å².